The van der Waals surface area contributed by atoms with Crippen molar-refractivity contribution in [2.24, 2.45) is 5.92 Å². The molecule has 2 aliphatic rings. The Morgan fingerprint density at radius 3 is 2.90 bits per heavy atom. The van der Waals surface area contributed by atoms with E-state index in [0.29, 0.717) is 4.47 Å². The predicted molar refractivity (Wildman–Crippen MR) is 68.7 cm³/mol. The number of hydroxylamine groups is 1. The van der Waals surface area contributed by atoms with Crippen LogP contribution in [0.3, 0.4) is 0 Å². The minimum Gasteiger partial charge on any atom is -0.369 e. The summed E-state index contributed by atoms with van der Waals surface area (Å²) in [6, 6.07) is 4.42. The largest absolute Gasteiger partial charge is 0.369 e. The Bertz CT molecular complexity index is 537. The van der Waals surface area contributed by atoms with E-state index in [4.69, 9.17) is 9.57 Å². The number of halogens is 4. The summed E-state index contributed by atoms with van der Waals surface area (Å²) in [7, 11) is 0. The van der Waals surface area contributed by atoms with Crippen molar-refractivity contribution < 1.29 is 22.7 Å². The minimum atomic E-state index is -3.01. The minimum absolute atomic E-state index is 0.0556. The highest BCUT2D eigenvalue weighted by Gasteiger charge is 2.61. The highest BCUT2D eigenvalue weighted by molar-refractivity contribution is 9.10. The zero-order chi connectivity index (χ0) is 14.5. The highest BCUT2D eigenvalue weighted by Crippen LogP contribution is 2.48. The van der Waals surface area contributed by atoms with Gasteiger partial charge >= 0.3 is 0 Å². The lowest BCUT2D eigenvalue weighted by Crippen LogP contribution is -2.45. The van der Waals surface area contributed by atoms with E-state index in [0.717, 1.165) is 6.92 Å². The number of benzene rings is 1. The summed E-state index contributed by atoms with van der Waals surface area (Å²) in [6.45, 7) is 0.808. The summed E-state index contributed by atoms with van der Waals surface area (Å²) >= 11 is 3.27. The molecule has 2 fully saturated rings. The first kappa shape index (κ1) is 14.3. The van der Waals surface area contributed by atoms with Crippen LogP contribution < -0.4 is 5.48 Å². The topological polar surface area (TPSA) is 30.5 Å². The maximum absolute atomic E-state index is 14.1. The number of hydrogen-bond acceptors (Lipinski definition) is 3. The molecule has 3 rings (SSSR count). The zero-order valence-electron chi connectivity index (χ0n) is 10.6. The normalized spacial score (nSPS) is 33.5. The van der Waals surface area contributed by atoms with Crippen LogP contribution in [0, 0.1) is 11.7 Å². The molecule has 1 aromatic carbocycles. The van der Waals surface area contributed by atoms with E-state index in [1.165, 1.54) is 6.07 Å². The molecule has 2 aliphatic heterocycles. The average Bonchev–Trinajstić information content (AvgIpc) is 2.89. The van der Waals surface area contributed by atoms with Crippen molar-refractivity contribution in [2.75, 3.05) is 13.2 Å². The molecule has 7 heteroatoms. The SMILES string of the molecule is CC(F)(F)C1OC[C@]2(c3cc(Br)ccc3F)NOC[C@H]12. The van der Waals surface area contributed by atoms with Crippen molar-refractivity contribution in [1.29, 1.82) is 0 Å². The summed E-state index contributed by atoms with van der Waals surface area (Å²) in [5.74, 6) is -4.13. The Hall–Kier alpha value is -0.630. The molecule has 0 saturated carbocycles. The third-order valence-corrected chi connectivity index (χ3v) is 4.41. The molecule has 3 nitrogen and oxygen atoms in total. The Labute approximate surface area is 122 Å². The fourth-order valence-corrected chi connectivity index (χ4v) is 3.33. The fraction of sp³-hybridized carbons (Fsp3) is 0.538. The first-order valence-electron chi connectivity index (χ1n) is 6.18. The lowest BCUT2D eigenvalue weighted by Gasteiger charge is -2.29. The summed E-state index contributed by atoms with van der Waals surface area (Å²) in [6.07, 6.45) is -1.30. The lowest BCUT2D eigenvalue weighted by atomic mass is 9.78. The van der Waals surface area contributed by atoms with Gasteiger partial charge in [-0.05, 0) is 18.2 Å². The van der Waals surface area contributed by atoms with E-state index >= 15 is 0 Å². The molecule has 1 N–H and O–H groups in total. The van der Waals surface area contributed by atoms with Gasteiger partial charge in [-0.3, -0.25) is 0 Å². The van der Waals surface area contributed by atoms with E-state index in [2.05, 4.69) is 21.4 Å². The fourth-order valence-electron chi connectivity index (χ4n) is 2.97. The van der Waals surface area contributed by atoms with Crippen molar-refractivity contribution >= 4 is 15.9 Å². The van der Waals surface area contributed by atoms with Crippen molar-refractivity contribution in [3.05, 3.63) is 34.1 Å². The molecule has 0 radical (unpaired) electrons. The number of nitrogens with one attached hydrogen (secondary N) is 1. The second kappa shape index (κ2) is 4.69. The molecule has 20 heavy (non-hydrogen) atoms. The molecule has 110 valence electrons. The summed E-state index contributed by atoms with van der Waals surface area (Å²) in [5.41, 5.74) is 1.91. The molecular formula is C13H13BrF3NO2. The molecular weight excluding hydrogens is 339 g/mol. The molecule has 3 atom stereocenters. The van der Waals surface area contributed by atoms with Gasteiger partial charge in [0.1, 0.15) is 17.5 Å². The van der Waals surface area contributed by atoms with Crippen LogP contribution in [-0.2, 0) is 15.1 Å². The van der Waals surface area contributed by atoms with Gasteiger partial charge in [0.15, 0.2) is 0 Å². The molecule has 0 aromatic heterocycles. The smallest absolute Gasteiger partial charge is 0.271 e. The lowest BCUT2D eigenvalue weighted by molar-refractivity contribution is -0.124. The summed E-state index contributed by atoms with van der Waals surface area (Å²) < 4.78 is 47.3. The second-order valence-electron chi connectivity index (χ2n) is 5.30. The third-order valence-electron chi connectivity index (χ3n) is 3.91. The Morgan fingerprint density at radius 2 is 2.20 bits per heavy atom. The number of ether oxygens (including phenoxy) is 1. The Morgan fingerprint density at radius 1 is 1.45 bits per heavy atom. The van der Waals surface area contributed by atoms with Gasteiger partial charge in [0.2, 0.25) is 0 Å². The van der Waals surface area contributed by atoms with Crippen molar-refractivity contribution in [2.45, 2.75) is 24.5 Å². The van der Waals surface area contributed by atoms with E-state index in [-0.39, 0.29) is 18.8 Å². The van der Waals surface area contributed by atoms with Crippen molar-refractivity contribution in [1.82, 2.24) is 5.48 Å². The van der Waals surface area contributed by atoms with Crippen LogP contribution >= 0.6 is 15.9 Å². The van der Waals surface area contributed by atoms with Crippen LogP contribution in [-0.4, -0.2) is 25.2 Å². The molecule has 0 spiro atoms. The first-order valence-corrected chi connectivity index (χ1v) is 6.98. The van der Waals surface area contributed by atoms with Crippen molar-refractivity contribution in [3.8, 4) is 0 Å². The van der Waals surface area contributed by atoms with Crippen LogP contribution in [0.15, 0.2) is 22.7 Å². The molecule has 1 unspecified atom stereocenters. The third kappa shape index (κ3) is 2.07. The second-order valence-corrected chi connectivity index (χ2v) is 6.22. The van der Waals surface area contributed by atoms with Gasteiger partial charge in [-0.1, -0.05) is 15.9 Å². The van der Waals surface area contributed by atoms with Crippen LogP contribution in [0.1, 0.15) is 12.5 Å². The number of fused-ring (bicyclic) bond motifs is 1. The molecule has 0 bridgehead atoms. The highest BCUT2D eigenvalue weighted by atomic mass is 79.9. The van der Waals surface area contributed by atoms with Gasteiger partial charge in [-0.15, -0.1) is 0 Å². The quantitative estimate of drug-likeness (QED) is 0.888. The maximum atomic E-state index is 14.1. The monoisotopic (exact) mass is 351 g/mol. The number of alkyl halides is 2. The van der Waals surface area contributed by atoms with Gasteiger partial charge < -0.3 is 9.57 Å². The number of rotatable bonds is 2. The van der Waals surface area contributed by atoms with Gasteiger partial charge in [-0.2, -0.15) is 5.48 Å². The predicted octanol–water partition coefficient (Wildman–Crippen LogP) is 2.99. The summed E-state index contributed by atoms with van der Waals surface area (Å²) in [5, 5.41) is 0. The molecule has 0 amide bonds. The Balaban J connectivity index is 2.05. The van der Waals surface area contributed by atoms with Crippen LogP contribution in [0.25, 0.3) is 0 Å². The van der Waals surface area contributed by atoms with Gasteiger partial charge in [-0.25, -0.2) is 13.2 Å². The van der Waals surface area contributed by atoms with Crippen molar-refractivity contribution in [3.63, 3.8) is 0 Å². The van der Waals surface area contributed by atoms with Crippen LogP contribution in [0.5, 0.6) is 0 Å². The average molecular weight is 352 g/mol. The van der Waals surface area contributed by atoms with Crippen LogP contribution in [0.2, 0.25) is 0 Å². The van der Waals surface area contributed by atoms with E-state index in [1.54, 1.807) is 12.1 Å². The molecule has 2 heterocycles. The van der Waals surface area contributed by atoms with E-state index in [1.807, 2.05) is 0 Å². The zero-order valence-corrected chi connectivity index (χ0v) is 12.2. The number of hydrogen-bond donors (Lipinski definition) is 1. The summed E-state index contributed by atoms with van der Waals surface area (Å²) in [4.78, 5) is 5.14. The van der Waals surface area contributed by atoms with Gasteiger partial charge in [0.05, 0.1) is 13.2 Å². The standard InChI is InChI=1S/C13H13BrF3NO2/c1-12(16,17)11-9-5-20-18-13(9,6-19-11)8-4-7(14)2-3-10(8)15/h2-4,9,11,18H,5-6H2,1H3/t9-,11?,13-/m1/s1. The van der Waals surface area contributed by atoms with Crippen LogP contribution in [0.4, 0.5) is 13.2 Å². The van der Waals surface area contributed by atoms with E-state index in [9.17, 15) is 13.2 Å². The molecule has 2 saturated heterocycles. The molecule has 0 aliphatic carbocycles. The Kier molecular flexibility index (Phi) is 3.36. The van der Waals surface area contributed by atoms with E-state index < -0.39 is 29.3 Å². The van der Waals surface area contributed by atoms with Gasteiger partial charge in [0.25, 0.3) is 5.92 Å². The first-order chi connectivity index (χ1) is 9.34. The maximum Gasteiger partial charge on any atom is 0.271 e. The van der Waals surface area contributed by atoms with Gasteiger partial charge in [0, 0.05) is 22.9 Å². The molecule has 1 aromatic rings.